The lowest BCUT2D eigenvalue weighted by atomic mass is 10.0. The van der Waals surface area contributed by atoms with E-state index in [2.05, 4.69) is 43.5 Å². The molecule has 0 aromatic carbocycles. The van der Waals surface area contributed by atoms with Gasteiger partial charge in [0.25, 0.3) is 0 Å². The van der Waals surface area contributed by atoms with Crippen LogP contribution in [0.2, 0.25) is 0 Å². The highest BCUT2D eigenvalue weighted by atomic mass is 16.5. The van der Waals surface area contributed by atoms with Crippen molar-refractivity contribution in [1.82, 2.24) is 5.32 Å². The van der Waals surface area contributed by atoms with Gasteiger partial charge >= 0.3 is 5.97 Å². The Morgan fingerprint density at radius 3 is 1.18 bits per heavy atom. The zero-order chi connectivity index (χ0) is 47.2. The van der Waals surface area contributed by atoms with Crippen LogP contribution in [-0.4, -0.2) is 47.4 Å². The average Bonchev–Trinajstić information content (AvgIpc) is 3.31. The minimum atomic E-state index is -0.667. The molecular weight excluding hydrogens is 803 g/mol. The first-order chi connectivity index (χ1) is 32.0. The number of aliphatic hydroxyl groups excluding tert-OH is 2. The summed E-state index contributed by atoms with van der Waals surface area (Å²) in [6.45, 7) is 4.93. The topological polar surface area (TPSA) is 95.9 Å². The summed E-state index contributed by atoms with van der Waals surface area (Å²) in [5.41, 5.74) is 0. The number of aliphatic hydroxyl groups is 2. The van der Waals surface area contributed by atoms with Gasteiger partial charge in [0.05, 0.1) is 25.4 Å². The van der Waals surface area contributed by atoms with Gasteiger partial charge in [-0.3, -0.25) is 9.59 Å². The van der Waals surface area contributed by atoms with Gasteiger partial charge in [-0.2, -0.15) is 0 Å². The lowest BCUT2D eigenvalue weighted by Crippen LogP contribution is -2.45. The van der Waals surface area contributed by atoms with Crippen LogP contribution in [0.1, 0.15) is 316 Å². The highest BCUT2D eigenvalue weighted by Gasteiger charge is 2.20. The van der Waals surface area contributed by atoms with E-state index in [9.17, 15) is 19.8 Å². The summed E-state index contributed by atoms with van der Waals surface area (Å²) in [5, 5.41) is 23.2. The predicted octanol–water partition coefficient (Wildman–Crippen LogP) is 17.9. The maximum atomic E-state index is 12.5. The SMILES string of the molecule is CCCCCC/C=C\C/C=C\CCCCCCCCCC(=O)OCCCCCCCCCCCCCCCCCCCC(=O)NC(CO)C(O)CCCCCCCCCCCCCCC. The van der Waals surface area contributed by atoms with E-state index in [0.29, 0.717) is 25.9 Å². The molecule has 6 nitrogen and oxygen atoms in total. The van der Waals surface area contributed by atoms with E-state index in [1.54, 1.807) is 0 Å². The van der Waals surface area contributed by atoms with Crippen LogP contribution in [0.25, 0.3) is 0 Å². The van der Waals surface area contributed by atoms with Gasteiger partial charge in [-0.15, -0.1) is 0 Å². The Balaban J connectivity index is 3.40. The van der Waals surface area contributed by atoms with E-state index in [1.165, 1.54) is 231 Å². The molecule has 0 aliphatic carbocycles. The Hall–Kier alpha value is -1.66. The summed E-state index contributed by atoms with van der Waals surface area (Å²) in [4.78, 5) is 24.5. The number of unbranched alkanes of at least 4 members (excludes halogenated alkanes) is 39. The number of amides is 1. The molecule has 0 aliphatic rings. The van der Waals surface area contributed by atoms with Crippen LogP contribution in [0.3, 0.4) is 0 Å². The third kappa shape index (κ3) is 51.6. The molecule has 0 aromatic heterocycles. The van der Waals surface area contributed by atoms with Crippen LogP contribution in [-0.2, 0) is 14.3 Å². The maximum Gasteiger partial charge on any atom is 0.305 e. The van der Waals surface area contributed by atoms with Crippen LogP contribution in [0.5, 0.6) is 0 Å². The fraction of sp³-hybridized carbons (Fsp3) is 0.898. The summed E-state index contributed by atoms with van der Waals surface area (Å²) < 4.78 is 5.48. The monoisotopic (exact) mass is 916 g/mol. The van der Waals surface area contributed by atoms with Gasteiger partial charge < -0.3 is 20.3 Å². The summed E-state index contributed by atoms with van der Waals surface area (Å²) in [6.07, 6.45) is 65.9. The summed E-state index contributed by atoms with van der Waals surface area (Å²) >= 11 is 0. The number of carbonyl (C=O) groups excluding carboxylic acids is 2. The van der Waals surface area contributed by atoms with Gasteiger partial charge in [0.1, 0.15) is 0 Å². The molecule has 0 aromatic rings. The smallest absolute Gasteiger partial charge is 0.305 e. The number of ether oxygens (including phenoxy) is 1. The maximum absolute atomic E-state index is 12.5. The normalized spacial score (nSPS) is 12.7. The Labute approximate surface area is 405 Å². The molecule has 0 radical (unpaired) electrons. The molecular formula is C59H113NO5. The van der Waals surface area contributed by atoms with Gasteiger partial charge in [-0.25, -0.2) is 0 Å². The molecule has 0 aliphatic heterocycles. The van der Waals surface area contributed by atoms with E-state index < -0.39 is 12.1 Å². The number of allylic oxidation sites excluding steroid dienone is 4. The second kappa shape index (κ2) is 54.9. The van der Waals surface area contributed by atoms with Crippen molar-refractivity contribution in [2.24, 2.45) is 0 Å². The largest absolute Gasteiger partial charge is 0.466 e. The number of hydrogen-bond donors (Lipinski definition) is 3. The van der Waals surface area contributed by atoms with E-state index in [4.69, 9.17) is 4.74 Å². The Morgan fingerprint density at radius 2 is 0.769 bits per heavy atom. The second-order valence-corrected chi connectivity index (χ2v) is 20.0. The van der Waals surface area contributed by atoms with Crippen molar-refractivity contribution in [2.75, 3.05) is 13.2 Å². The lowest BCUT2D eigenvalue weighted by Gasteiger charge is -2.22. The fourth-order valence-corrected chi connectivity index (χ4v) is 9.02. The standard InChI is InChI=1S/C59H113NO5/c1-3-5-7-9-11-13-15-17-18-19-22-25-29-33-37-41-45-49-53-59(64)65-54-50-46-42-38-34-30-26-23-20-21-24-28-32-36-40-44-48-52-58(63)60-56(55-61)57(62)51-47-43-39-35-31-27-16-14-12-10-8-6-4-2/h13,15,18-19,56-57,61-62H,3-12,14,16-17,20-55H2,1-2H3,(H,60,63)/b15-13-,19-18-. The van der Waals surface area contributed by atoms with E-state index in [-0.39, 0.29) is 18.5 Å². The minimum absolute atomic E-state index is 0.00169. The van der Waals surface area contributed by atoms with Crippen molar-refractivity contribution >= 4 is 11.9 Å². The van der Waals surface area contributed by atoms with Crippen molar-refractivity contribution in [3.05, 3.63) is 24.3 Å². The average molecular weight is 917 g/mol. The number of carbonyl (C=O) groups is 2. The number of nitrogens with one attached hydrogen (secondary N) is 1. The van der Waals surface area contributed by atoms with Crippen LogP contribution >= 0.6 is 0 Å². The summed E-state index contributed by atoms with van der Waals surface area (Å²) in [6, 6.07) is -0.545. The quantitative estimate of drug-likeness (QED) is 0.0321. The van der Waals surface area contributed by atoms with Crippen LogP contribution in [0, 0.1) is 0 Å². The fourth-order valence-electron chi connectivity index (χ4n) is 9.02. The molecule has 0 fully saturated rings. The minimum Gasteiger partial charge on any atom is -0.466 e. The molecule has 2 unspecified atom stereocenters. The van der Waals surface area contributed by atoms with Crippen molar-refractivity contribution in [2.45, 2.75) is 328 Å². The van der Waals surface area contributed by atoms with E-state index in [0.717, 1.165) is 51.4 Å². The first kappa shape index (κ1) is 63.3. The predicted molar refractivity (Wildman–Crippen MR) is 283 cm³/mol. The molecule has 0 bridgehead atoms. The molecule has 384 valence electrons. The molecule has 65 heavy (non-hydrogen) atoms. The zero-order valence-electron chi connectivity index (χ0n) is 43.7. The van der Waals surface area contributed by atoms with Crippen molar-refractivity contribution in [3.63, 3.8) is 0 Å². The highest BCUT2D eigenvalue weighted by Crippen LogP contribution is 2.17. The zero-order valence-corrected chi connectivity index (χ0v) is 43.7. The first-order valence-electron chi connectivity index (χ1n) is 29.1. The first-order valence-corrected chi connectivity index (χ1v) is 29.1. The molecule has 0 saturated carbocycles. The van der Waals surface area contributed by atoms with Crippen LogP contribution < -0.4 is 5.32 Å². The summed E-state index contributed by atoms with van der Waals surface area (Å²) in [7, 11) is 0. The van der Waals surface area contributed by atoms with Gasteiger partial charge in [0.2, 0.25) is 5.91 Å². The van der Waals surface area contributed by atoms with Crippen LogP contribution in [0.15, 0.2) is 24.3 Å². The molecule has 0 heterocycles. The molecule has 0 spiro atoms. The molecule has 2 atom stereocenters. The highest BCUT2D eigenvalue weighted by molar-refractivity contribution is 5.76. The Bertz CT molecular complexity index is 1010. The molecule has 0 rings (SSSR count). The molecule has 0 saturated heterocycles. The van der Waals surface area contributed by atoms with Crippen molar-refractivity contribution < 1.29 is 24.5 Å². The van der Waals surface area contributed by atoms with Gasteiger partial charge in [-0.05, 0) is 57.8 Å². The van der Waals surface area contributed by atoms with Crippen molar-refractivity contribution in [3.8, 4) is 0 Å². The molecule has 3 N–H and O–H groups in total. The van der Waals surface area contributed by atoms with Gasteiger partial charge in [0, 0.05) is 12.8 Å². The second-order valence-electron chi connectivity index (χ2n) is 20.0. The number of hydrogen-bond acceptors (Lipinski definition) is 5. The van der Waals surface area contributed by atoms with E-state index in [1.807, 2.05) is 0 Å². The number of rotatable bonds is 54. The molecule has 6 heteroatoms. The number of esters is 1. The third-order valence-corrected chi connectivity index (χ3v) is 13.5. The van der Waals surface area contributed by atoms with E-state index >= 15 is 0 Å². The lowest BCUT2D eigenvalue weighted by molar-refractivity contribution is -0.143. The van der Waals surface area contributed by atoms with Crippen LogP contribution in [0.4, 0.5) is 0 Å². The Kier molecular flexibility index (Phi) is 53.5. The Morgan fingerprint density at radius 1 is 0.431 bits per heavy atom. The summed E-state index contributed by atoms with van der Waals surface area (Å²) in [5.74, 6) is -0.0415. The molecule has 1 amide bonds. The third-order valence-electron chi connectivity index (χ3n) is 13.5. The van der Waals surface area contributed by atoms with Crippen molar-refractivity contribution in [1.29, 1.82) is 0 Å². The van der Waals surface area contributed by atoms with Gasteiger partial charge in [0.15, 0.2) is 0 Å². The van der Waals surface area contributed by atoms with Gasteiger partial charge in [-0.1, -0.05) is 269 Å².